The van der Waals surface area contributed by atoms with Crippen LogP contribution in [0.4, 0.5) is 0 Å². The molecule has 0 atom stereocenters. The Morgan fingerprint density at radius 2 is 1.59 bits per heavy atom. The predicted molar refractivity (Wildman–Crippen MR) is 102 cm³/mol. The molecule has 6 heteroatoms. The number of benzene rings is 2. The first-order valence-corrected chi connectivity index (χ1v) is 8.70. The summed E-state index contributed by atoms with van der Waals surface area (Å²) >= 11 is 0. The van der Waals surface area contributed by atoms with E-state index in [1.807, 2.05) is 49.4 Å². The van der Waals surface area contributed by atoms with Gasteiger partial charge in [-0.1, -0.05) is 35.9 Å². The molecule has 2 rings (SSSR count). The maximum absolute atomic E-state index is 11.8. The number of carbonyl (C=O) groups is 2. The Kier molecular flexibility index (Phi) is 7.67. The molecule has 6 nitrogen and oxygen atoms in total. The molecule has 0 heterocycles. The zero-order chi connectivity index (χ0) is 19.6. The van der Waals surface area contributed by atoms with E-state index in [0.717, 1.165) is 16.7 Å². The largest absolute Gasteiger partial charge is 0.493 e. The van der Waals surface area contributed by atoms with Crippen LogP contribution < -0.4 is 14.8 Å². The minimum atomic E-state index is -0.422. The molecule has 0 aliphatic heterocycles. The van der Waals surface area contributed by atoms with Crippen molar-refractivity contribution in [3.63, 3.8) is 0 Å². The molecule has 0 unspecified atom stereocenters. The number of hydrogen-bond acceptors (Lipinski definition) is 5. The Morgan fingerprint density at radius 3 is 2.26 bits per heavy atom. The van der Waals surface area contributed by atoms with Gasteiger partial charge in [0.05, 0.1) is 20.6 Å². The Morgan fingerprint density at radius 1 is 0.926 bits per heavy atom. The van der Waals surface area contributed by atoms with Crippen molar-refractivity contribution in [2.75, 3.05) is 27.4 Å². The molecule has 0 fully saturated rings. The molecule has 0 aliphatic rings. The topological polar surface area (TPSA) is 73.9 Å². The smallest absolute Gasteiger partial charge is 0.310 e. The number of aryl methyl sites for hydroxylation is 1. The summed E-state index contributed by atoms with van der Waals surface area (Å²) in [6, 6.07) is 13.2. The van der Waals surface area contributed by atoms with Gasteiger partial charge in [-0.2, -0.15) is 0 Å². The lowest BCUT2D eigenvalue weighted by molar-refractivity contribution is -0.147. The molecule has 1 amide bonds. The van der Waals surface area contributed by atoms with Crippen molar-refractivity contribution >= 4 is 11.9 Å². The Bertz CT molecular complexity index is 771. The van der Waals surface area contributed by atoms with Crippen molar-refractivity contribution in [1.29, 1.82) is 0 Å². The number of nitrogens with one attached hydrogen (secondary N) is 1. The standard InChI is InChI=1S/C21H25NO5/c1-15-4-6-16(7-5-15)13-21(24)27-14-20(23)22-11-10-17-8-9-18(25-2)19(12-17)26-3/h4-9,12H,10-11,13-14H2,1-3H3,(H,22,23). The van der Waals surface area contributed by atoms with Crippen LogP contribution in [0.15, 0.2) is 42.5 Å². The summed E-state index contributed by atoms with van der Waals surface area (Å²) in [5, 5.41) is 2.74. The number of carbonyl (C=O) groups excluding carboxylic acids is 2. The van der Waals surface area contributed by atoms with Crippen LogP contribution in [0.25, 0.3) is 0 Å². The van der Waals surface area contributed by atoms with E-state index >= 15 is 0 Å². The first kappa shape index (κ1) is 20.3. The van der Waals surface area contributed by atoms with Gasteiger partial charge in [-0.05, 0) is 36.6 Å². The molecule has 0 radical (unpaired) electrons. The SMILES string of the molecule is COc1ccc(CCNC(=O)COC(=O)Cc2ccc(C)cc2)cc1OC. The fourth-order valence-electron chi connectivity index (χ4n) is 2.50. The summed E-state index contributed by atoms with van der Waals surface area (Å²) in [6.45, 7) is 2.13. The van der Waals surface area contributed by atoms with Crippen molar-refractivity contribution < 1.29 is 23.8 Å². The van der Waals surface area contributed by atoms with E-state index in [-0.39, 0.29) is 18.9 Å². The molecular formula is C21H25NO5. The van der Waals surface area contributed by atoms with Gasteiger partial charge in [-0.25, -0.2) is 0 Å². The number of hydrogen-bond donors (Lipinski definition) is 1. The molecule has 1 N–H and O–H groups in total. The molecule has 2 aromatic rings. The molecular weight excluding hydrogens is 346 g/mol. The molecule has 0 spiro atoms. The van der Waals surface area contributed by atoms with E-state index < -0.39 is 5.97 Å². The van der Waals surface area contributed by atoms with Crippen LogP contribution in [0.5, 0.6) is 11.5 Å². The van der Waals surface area contributed by atoms with Crippen LogP contribution in [0.1, 0.15) is 16.7 Å². The van der Waals surface area contributed by atoms with Gasteiger partial charge in [-0.3, -0.25) is 9.59 Å². The number of ether oxygens (including phenoxy) is 3. The Hall–Kier alpha value is -3.02. The average molecular weight is 371 g/mol. The third-order valence-electron chi connectivity index (χ3n) is 4.02. The molecule has 2 aromatic carbocycles. The van der Waals surface area contributed by atoms with Gasteiger partial charge in [0.2, 0.25) is 0 Å². The molecule has 144 valence electrons. The van der Waals surface area contributed by atoms with Crippen molar-refractivity contribution in [2.24, 2.45) is 0 Å². The first-order chi connectivity index (χ1) is 13.0. The molecule has 0 bridgehead atoms. The maximum Gasteiger partial charge on any atom is 0.310 e. The second-order valence-electron chi connectivity index (χ2n) is 6.11. The summed E-state index contributed by atoms with van der Waals surface area (Å²) in [7, 11) is 3.16. The zero-order valence-corrected chi connectivity index (χ0v) is 15.9. The lowest BCUT2D eigenvalue weighted by Gasteiger charge is -2.10. The van der Waals surface area contributed by atoms with Crippen LogP contribution in [-0.4, -0.2) is 39.2 Å². The van der Waals surface area contributed by atoms with E-state index in [1.54, 1.807) is 14.2 Å². The zero-order valence-electron chi connectivity index (χ0n) is 15.9. The van der Waals surface area contributed by atoms with E-state index in [1.165, 1.54) is 0 Å². The highest BCUT2D eigenvalue weighted by molar-refractivity contribution is 5.81. The second-order valence-corrected chi connectivity index (χ2v) is 6.11. The van der Waals surface area contributed by atoms with Crippen LogP contribution in [-0.2, 0) is 27.2 Å². The lowest BCUT2D eigenvalue weighted by atomic mass is 10.1. The van der Waals surface area contributed by atoms with E-state index in [0.29, 0.717) is 24.5 Å². The average Bonchev–Trinajstić information content (AvgIpc) is 2.68. The molecule has 0 aliphatic carbocycles. The molecule has 27 heavy (non-hydrogen) atoms. The minimum Gasteiger partial charge on any atom is -0.493 e. The Labute approximate surface area is 159 Å². The van der Waals surface area contributed by atoms with Gasteiger partial charge in [0.15, 0.2) is 18.1 Å². The van der Waals surface area contributed by atoms with E-state index in [9.17, 15) is 9.59 Å². The van der Waals surface area contributed by atoms with Crippen LogP contribution in [0.3, 0.4) is 0 Å². The predicted octanol–water partition coefficient (Wildman–Crippen LogP) is 2.46. The number of amides is 1. The van der Waals surface area contributed by atoms with Gasteiger partial charge in [0, 0.05) is 6.54 Å². The monoisotopic (exact) mass is 371 g/mol. The van der Waals surface area contributed by atoms with Crippen molar-refractivity contribution in [2.45, 2.75) is 19.8 Å². The third-order valence-corrected chi connectivity index (χ3v) is 4.02. The number of methoxy groups -OCH3 is 2. The molecule has 0 aromatic heterocycles. The normalized spacial score (nSPS) is 10.2. The van der Waals surface area contributed by atoms with Crippen LogP contribution >= 0.6 is 0 Å². The van der Waals surface area contributed by atoms with E-state index in [4.69, 9.17) is 14.2 Å². The molecule has 0 saturated heterocycles. The van der Waals surface area contributed by atoms with Gasteiger partial charge in [0.1, 0.15) is 0 Å². The van der Waals surface area contributed by atoms with Gasteiger partial charge >= 0.3 is 5.97 Å². The summed E-state index contributed by atoms with van der Waals surface area (Å²) in [5.74, 6) is 0.554. The number of esters is 1. The quantitative estimate of drug-likeness (QED) is 0.686. The fraction of sp³-hybridized carbons (Fsp3) is 0.333. The van der Waals surface area contributed by atoms with E-state index in [2.05, 4.69) is 5.32 Å². The van der Waals surface area contributed by atoms with Gasteiger partial charge < -0.3 is 19.5 Å². The summed E-state index contributed by atoms with van der Waals surface area (Å²) in [6.07, 6.45) is 0.780. The van der Waals surface area contributed by atoms with Gasteiger partial charge in [-0.15, -0.1) is 0 Å². The summed E-state index contributed by atoms with van der Waals surface area (Å²) < 4.78 is 15.5. The van der Waals surface area contributed by atoms with Crippen molar-refractivity contribution in [3.8, 4) is 11.5 Å². The first-order valence-electron chi connectivity index (χ1n) is 8.70. The maximum atomic E-state index is 11.8. The highest BCUT2D eigenvalue weighted by Crippen LogP contribution is 2.27. The highest BCUT2D eigenvalue weighted by atomic mass is 16.5. The van der Waals surface area contributed by atoms with Crippen LogP contribution in [0, 0.1) is 6.92 Å². The summed E-state index contributed by atoms with van der Waals surface area (Å²) in [5.41, 5.74) is 2.99. The number of rotatable bonds is 9. The Balaban J connectivity index is 1.70. The minimum absolute atomic E-state index is 0.152. The third kappa shape index (κ3) is 6.66. The lowest BCUT2D eigenvalue weighted by Crippen LogP contribution is -2.30. The van der Waals surface area contributed by atoms with Gasteiger partial charge in [0.25, 0.3) is 5.91 Å². The van der Waals surface area contributed by atoms with Crippen LogP contribution in [0.2, 0.25) is 0 Å². The highest BCUT2D eigenvalue weighted by Gasteiger charge is 2.09. The van der Waals surface area contributed by atoms with Crippen molar-refractivity contribution in [3.05, 3.63) is 59.2 Å². The second kappa shape index (κ2) is 10.2. The fourth-order valence-corrected chi connectivity index (χ4v) is 2.50. The van der Waals surface area contributed by atoms with Crippen molar-refractivity contribution in [1.82, 2.24) is 5.32 Å². The summed E-state index contributed by atoms with van der Waals surface area (Å²) in [4.78, 5) is 23.6. The molecule has 0 saturated carbocycles.